The van der Waals surface area contributed by atoms with Crippen LogP contribution in [0.5, 0.6) is 0 Å². The molecule has 0 unspecified atom stereocenters. The lowest BCUT2D eigenvalue weighted by molar-refractivity contribution is -0.0109. The molecule has 4 atom stereocenters. The van der Waals surface area contributed by atoms with E-state index < -0.39 is 0 Å². The van der Waals surface area contributed by atoms with Crippen molar-refractivity contribution in [2.45, 2.75) is 81.6 Å². The number of ether oxygens (including phenoxy) is 2. The number of hydrogen-bond donors (Lipinski definition) is 1. The summed E-state index contributed by atoms with van der Waals surface area (Å²) in [6, 6.07) is 17.8. The summed E-state index contributed by atoms with van der Waals surface area (Å²) in [5.41, 5.74) is 2.34. The Morgan fingerprint density at radius 1 is 1.03 bits per heavy atom. The zero-order chi connectivity index (χ0) is 24.2. The summed E-state index contributed by atoms with van der Waals surface area (Å²) in [7, 11) is 1.47. The van der Waals surface area contributed by atoms with Crippen LogP contribution in [0.15, 0.2) is 54.6 Å². The highest BCUT2D eigenvalue weighted by atomic mass is 19.1. The third kappa shape index (κ3) is 5.39. The first-order valence-corrected chi connectivity index (χ1v) is 13.1. The van der Waals surface area contributed by atoms with Gasteiger partial charge in [-0.25, -0.2) is 9.18 Å². The molecule has 2 aromatic rings. The SMILES string of the molecule is COC(=O)N1[C@@H]2CCC[C@@H]2[C@H](NCc2ccccc2)[C@@H]1COC1CCC(c2cccc(F)c2)CC1. The highest BCUT2D eigenvalue weighted by molar-refractivity contribution is 5.69. The number of rotatable bonds is 7. The number of hydrogen-bond acceptors (Lipinski definition) is 4. The minimum atomic E-state index is -0.241. The van der Waals surface area contributed by atoms with Crippen molar-refractivity contribution in [1.82, 2.24) is 10.2 Å². The molecule has 3 aliphatic rings. The maximum absolute atomic E-state index is 13.7. The molecule has 0 aromatic heterocycles. The molecule has 188 valence electrons. The highest BCUT2D eigenvalue weighted by Crippen LogP contribution is 2.42. The van der Waals surface area contributed by atoms with Crippen molar-refractivity contribution in [3.8, 4) is 0 Å². The van der Waals surface area contributed by atoms with Crippen LogP contribution >= 0.6 is 0 Å². The highest BCUT2D eigenvalue weighted by Gasteiger charge is 2.53. The van der Waals surface area contributed by atoms with Gasteiger partial charge in [0.25, 0.3) is 0 Å². The number of methoxy groups -OCH3 is 1. The van der Waals surface area contributed by atoms with Crippen molar-refractivity contribution < 1.29 is 18.7 Å². The first-order valence-electron chi connectivity index (χ1n) is 13.1. The average molecular weight is 481 g/mol. The van der Waals surface area contributed by atoms with Gasteiger partial charge in [-0.1, -0.05) is 48.9 Å². The molecule has 1 saturated heterocycles. The van der Waals surface area contributed by atoms with Crippen molar-refractivity contribution in [3.63, 3.8) is 0 Å². The van der Waals surface area contributed by atoms with E-state index in [1.165, 1.54) is 18.7 Å². The smallest absolute Gasteiger partial charge is 0.410 e. The Labute approximate surface area is 208 Å². The van der Waals surface area contributed by atoms with Crippen molar-refractivity contribution in [2.75, 3.05) is 13.7 Å². The van der Waals surface area contributed by atoms with E-state index in [9.17, 15) is 9.18 Å². The Kier molecular flexibility index (Phi) is 7.69. The molecule has 2 aromatic carbocycles. The molecule has 3 fully saturated rings. The molecule has 35 heavy (non-hydrogen) atoms. The molecule has 0 bridgehead atoms. The van der Waals surface area contributed by atoms with E-state index in [1.54, 1.807) is 12.1 Å². The number of carbonyl (C=O) groups excluding carboxylic acids is 1. The normalized spacial score (nSPS) is 30.3. The van der Waals surface area contributed by atoms with Gasteiger partial charge in [0, 0.05) is 18.6 Å². The minimum Gasteiger partial charge on any atom is -0.453 e. The largest absolute Gasteiger partial charge is 0.453 e. The van der Waals surface area contributed by atoms with E-state index in [2.05, 4.69) is 29.6 Å². The second kappa shape index (κ2) is 11.1. The topological polar surface area (TPSA) is 50.8 Å². The van der Waals surface area contributed by atoms with E-state index in [0.717, 1.165) is 57.1 Å². The molecule has 5 nitrogen and oxygen atoms in total. The second-order valence-corrected chi connectivity index (χ2v) is 10.4. The third-order valence-corrected chi connectivity index (χ3v) is 8.39. The standard InChI is InChI=1S/C29H37FN2O3/c1-34-29(33)32-26-12-6-11-25(26)28(31-18-20-7-3-2-4-8-20)27(32)19-35-24-15-13-21(14-16-24)22-9-5-10-23(30)17-22/h2-5,7-10,17,21,24-28,31H,6,11-16,18-19H2,1H3/t21?,24?,25-,26+,27-,28-/m0/s1. The Balaban J connectivity index is 1.23. The monoisotopic (exact) mass is 480 g/mol. The first-order chi connectivity index (χ1) is 17.1. The van der Waals surface area contributed by atoms with Crippen molar-refractivity contribution in [2.24, 2.45) is 5.92 Å². The fourth-order valence-electron chi connectivity index (χ4n) is 6.67. The molecular weight excluding hydrogens is 443 g/mol. The second-order valence-electron chi connectivity index (χ2n) is 10.4. The number of nitrogens with zero attached hydrogens (tertiary/aromatic N) is 1. The van der Waals surface area contributed by atoms with E-state index in [1.807, 2.05) is 17.0 Å². The summed E-state index contributed by atoms with van der Waals surface area (Å²) >= 11 is 0. The number of halogens is 1. The Morgan fingerprint density at radius 2 is 1.83 bits per heavy atom. The number of benzene rings is 2. The predicted molar refractivity (Wildman–Crippen MR) is 134 cm³/mol. The maximum atomic E-state index is 13.7. The number of carbonyl (C=O) groups is 1. The molecule has 5 rings (SSSR count). The molecule has 6 heteroatoms. The average Bonchev–Trinajstić information content (AvgIpc) is 3.47. The maximum Gasteiger partial charge on any atom is 0.410 e. The van der Waals surface area contributed by atoms with Gasteiger partial charge in [-0.15, -0.1) is 0 Å². The molecule has 1 heterocycles. The molecule has 0 radical (unpaired) electrons. The zero-order valence-electron chi connectivity index (χ0n) is 20.6. The van der Waals surface area contributed by atoms with Crippen LogP contribution in [0.4, 0.5) is 9.18 Å². The zero-order valence-corrected chi connectivity index (χ0v) is 20.6. The van der Waals surface area contributed by atoms with Gasteiger partial charge in [0.05, 0.1) is 25.9 Å². The lowest BCUT2D eigenvalue weighted by atomic mass is 9.82. The van der Waals surface area contributed by atoms with Crippen LogP contribution in [0.1, 0.15) is 62.0 Å². The summed E-state index contributed by atoms with van der Waals surface area (Å²) in [6.45, 7) is 1.29. The molecule has 2 saturated carbocycles. The van der Waals surface area contributed by atoms with Gasteiger partial charge in [0.1, 0.15) is 5.82 Å². The summed E-state index contributed by atoms with van der Waals surface area (Å²) in [5.74, 6) is 0.656. The first kappa shape index (κ1) is 24.3. The van der Waals surface area contributed by atoms with E-state index in [-0.39, 0.29) is 36.1 Å². The van der Waals surface area contributed by atoms with Gasteiger partial charge in [-0.05, 0) is 73.6 Å². The van der Waals surface area contributed by atoms with Gasteiger partial charge >= 0.3 is 6.09 Å². The Bertz CT molecular complexity index is 979. The number of amides is 1. The molecule has 1 N–H and O–H groups in total. The number of likely N-dealkylation sites (tertiary alicyclic amines) is 1. The van der Waals surface area contributed by atoms with Crippen LogP contribution in [0.2, 0.25) is 0 Å². The lowest BCUT2D eigenvalue weighted by Crippen LogP contribution is -2.50. The van der Waals surface area contributed by atoms with Crippen LogP contribution in [0.25, 0.3) is 0 Å². The fraction of sp³-hybridized carbons (Fsp3) is 0.552. The van der Waals surface area contributed by atoms with Gasteiger partial charge < -0.3 is 14.8 Å². The fourth-order valence-corrected chi connectivity index (χ4v) is 6.67. The van der Waals surface area contributed by atoms with E-state index in [0.29, 0.717) is 18.4 Å². The van der Waals surface area contributed by atoms with Gasteiger partial charge in [-0.2, -0.15) is 0 Å². The summed E-state index contributed by atoms with van der Waals surface area (Å²) in [5, 5.41) is 3.78. The number of fused-ring (bicyclic) bond motifs is 1. The molecule has 1 amide bonds. The van der Waals surface area contributed by atoms with E-state index >= 15 is 0 Å². The third-order valence-electron chi connectivity index (χ3n) is 8.39. The van der Waals surface area contributed by atoms with Gasteiger partial charge in [-0.3, -0.25) is 4.90 Å². The van der Waals surface area contributed by atoms with Gasteiger partial charge in [0.15, 0.2) is 0 Å². The molecular formula is C29H37FN2O3. The Hall–Kier alpha value is -2.44. The predicted octanol–water partition coefficient (Wildman–Crippen LogP) is 5.65. The molecule has 0 spiro atoms. The Morgan fingerprint density at radius 3 is 2.57 bits per heavy atom. The molecule has 2 aliphatic carbocycles. The van der Waals surface area contributed by atoms with Crippen LogP contribution < -0.4 is 5.32 Å². The number of nitrogens with one attached hydrogen (secondary N) is 1. The summed E-state index contributed by atoms with van der Waals surface area (Å²) in [6.07, 6.45) is 7.15. The minimum absolute atomic E-state index is 0.0394. The van der Waals surface area contributed by atoms with Crippen LogP contribution in [0.3, 0.4) is 0 Å². The van der Waals surface area contributed by atoms with Crippen molar-refractivity contribution >= 4 is 6.09 Å². The van der Waals surface area contributed by atoms with E-state index in [4.69, 9.17) is 9.47 Å². The summed E-state index contributed by atoms with van der Waals surface area (Å²) < 4.78 is 25.4. The summed E-state index contributed by atoms with van der Waals surface area (Å²) in [4.78, 5) is 14.8. The quantitative estimate of drug-likeness (QED) is 0.557. The van der Waals surface area contributed by atoms with Gasteiger partial charge in [0.2, 0.25) is 0 Å². The van der Waals surface area contributed by atoms with Crippen molar-refractivity contribution in [1.29, 1.82) is 0 Å². The van der Waals surface area contributed by atoms with Crippen LogP contribution in [-0.2, 0) is 16.0 Å². The van der Waals surface area contributed by atoms with Crippen LogP contribution in [0, 0.1) is 11.7 Å². The van der Waals surface area contributed by atoms with Crippen molar-refractivity contribution in [3.05, 3.63) is 71.5 Å². The lowest BCUT2D eigenvalue weighted by Gasteiger charge is -2.34. The van der Waals surface area contributed by atoms with Crippen LogP contribution in [-0.4, -0.2) is 48.9 Å². The molecule has 1 aliphatic heterocycles.